The summed E-state index contributed by atoms with van der Waals surface area (Å²) in [4.78, 5) is 10.4. The molecule has 0 N–H and O–H groups in total. The van der Waals surface area contributed by atoms with E-state index in [1.807, 2.05) is 0 Å². The standard InChI is InChI=1S/C7H6F8O2/c1-2-17-4(16)6(12,13)7(14,15)5(10,11)3(8)9/h3H,2H2,1H3. The maximum Gasteiger partial charge on any atom is 0.410 e. The Bertz CT molecular complexity index is 288. The van der Waals surface area contributed by atoms with Crippen molar-refractivity contribution >= 4 is 5.97 Å². The molecule has 0 aliphatic rings. The highest BCUT2D eigenvalue weighted by molar-refractivity contribution is 5.79. The molecule has 0 heterocycles. The van der Waals surface area contributed by atoms with Crippen LogP contribution in [0.5, 0.6) is 0 Å². The zero-order chi connectivity index (χ0) is 14.1. The Morgan fingerprint density at radius 3 is 1.82 bits per heavy atom. The molecule has 0 rings (SSSR count). The number of ether oxygens (including phenoxy) is 1. The first kappa shape index (κ1) is 15.9. The summed E-state index contributed by atoms with van der Waals surface area (Å²) in [6.07, 6.45) is -5.06. The van der Waals surface area contributed by atoms with Gasteiger partial charge >= 0.3 is 30.2 Å². The van der Waals surface area contributed by atoms with E-state index in [9.17, 15) is 39.9 Å². The molecule has 0 atom stereocenters. The van der Waals surface area contributed by atoms with E-state index in [0.29, 0.717) is 0 Å². The molecular weight excluding hydrogens is 268 g/mol. The van der Waals surface area contributed by atoms with Gasteiger partial charge in [0.1, 0.15) is 0 Å². The van der Waals surface area contributed by atoms with Crippen molar-refractivity contribution in [3.05, 3.63) is 0 Å². The highest BCUT2D eigenvalue weighted by Crippen LogP contribution is 2.48. The summed E-state index contributed by atoms with van der Waals surface area (Å²) in [5, 5.41) is 0. The quantitative estimate of drug-likeness (QED) is 0.569. The minimum Gasteiger partial charge on any atom is -0.461 e. The van der Waals surface area contributed by atoms with Crippen molar-refractivity contribution in [2.24, 2.45) is 0 Å². The van der Waals surface area contributed by atoms with Crippen molar-refractivity contribution in [2.75, 3.05) is 6.61 Å². The Morgan fingerprint density at radius 1 is 1.12 bits per heavy atom. The first-order valence-corrected chi connectivity index (χ1v) is 4.01. The summed E-state index contributed by atoms with van der Waals surface area (Å²) in [6, 6.07) is 0. The molecule has 0 aliphatic heterocycles. The smallest absolute Gasteiger partial charge is 0.410 e. The number of hydrogen-bond acceptors (Lipinski definition) is 2. The van der Waals surface area contributed by atoms with Crippen molar-refractivity contribution < 1.29 is 44.7 Å². The van der Waals surface area contributed by atoms with Gasteiger partial charge in [0.05, 0.1) is 6.61 Å². The highest BCUT2D eigenvalue weighted by atomic mass is 19.4. The fraction of sp³-hybridized carbons (Fsp3) is 0.857. The number of hydrogen-bond donors (Lipinski definition) is 0. The van der Waals surface area contributed by atoms with Crippen LogP contribution in [0.3, 0.4) is 0 Å². The van der Waals surface area contributed by atoms with Crippen molar-refractivity contribution in [1.82, 2.24) is 0 Å². The third-order valence-corrected chi connectivity index (χ3v) is 1.62. The predicted molar refractivity (Wildman–Crippen MR) is 37.5 cm³/mol. The molecule has 2 nitrogen and oxygen atoms in total. The number of rotatable bonds is 5. The Balaban J connectivity index is 5.36. The minimum absolute atomic E-state index is 0.801. The van der Waals surface area contributed by atoms with Crippen LogP contribution in [0, 0.1) is 0 Å². The first-order valence-electron chi connectivity index (χ1n) is 4.01. The number of halogens is 8. The van der Waals surface area contributed by atoms with Crippen molar-refractivity contribution in [2.45, 2.75) is 31.1 Å². The zero-order valence-electron chi connectivity index (χ0n) is 8.12. The molecule has 0 aromatic heterocycles. The predicted octanol–water partition coefficient (Wildman–Crippen LogP) is 2.72. The first-order chi connectivity index (χ1) is 7.42. The molecular formula is C7H6F8O2. The van der Waals surface area contributed by atoms with Gasteiger partial charge < -0.3 is 4.74 Å². The van der Waals surface area contributed by atoms with E-state index in [1.54, 1.807) is 0 Å². The molecule has 0 fully saturated rings. The van der Waals surface area contributed by atoms with Crippen LogP contribution in [-0.4, -0.2) is 36.8 Å². The van der Waals surface area contributed by atoms with Crippen molar-refractivity contribution in [3.63, 3.8) is 0 Å². The third kappa shape index (κ3) is 2.44. The van der Waals surface area contributed by atoms with Gasteiger partial charge in [-0.3, -0.25) is 0 Å². The molecule has 0 saturated heterocycles. The normalized spacial score (nSPS) is 14.0. The van der Waals surface area contributed by atoms with Gasteiger partial charge in [0.2, 0.25) is 0 Å². The largest absolute Gasteiger partial charge is 0.461 e. The molecule has 0 aromatic carbocycles. The Kier molecular flexibility index (Phi) is 4.35. The van der Waals surface area contributed by atoms with Gasteiger partial charge in [0.25, 0.3) is 0 Å². The molecule has 0 unspecified atom stereocenters. The lowest BCUT2D eigenvalue weighted by Gasteiger charge is -2.30. The Labute approximate surface area is 89.5 Å². The second-order valence-electron chi connectivity index (χ2n) is 2.79. The number of carbonyl (C=O) groups excluding carboxylic acids is 1. The number of carbonyl (C=O) groups is 1. The molecule has 0 amide bonds. The summed E-state index contributed by atoms with van der Waals surface area (Å²) in [5.74, 6) is -22.0. The average molecular weight is 274 g/mol. The maximum atomic E-state index is 12.6. The number of esters is 1. The third-order valence-electron chi connectivity index (χ3n) is 1.62. The van der Waals surface area contributed by atoms with Gasteiger partial charge in [-0.25, -0.2) is 13.6 Å². The minimum atomic E-state index is -6.56. The SMILES string of the molecule is CCOC(=O)C(F)(F)C(F)(F)C(F)(F)C(F)F. The van der Waals surface area contributed by atoms with E-state index < -0.39 is 36.8 Å². The Morgan fingerprint density at radius 2 is 1.53 bits per heavy atom. The second-order valence-corrected chi connectivity index (χ2v) is 2.79. The van der Waals surface area contributed by atoms with Crippen LogP contribution in [0.1, 0.15) is 6.92 Å². The van der Waals surface area contributed by atoms with Gasteiger partial charge in [-0.15, -0.1) is 0 Å². The van der Waals surface area contributed by atoms with Gasteiger partial charge in [-0.2, -0.15) is 26.3 Å². The topological polar surface area (TPSA) is 26.3 Å². The lowest BCUT2D eigenvalue weighted by atomic mass is 10.1. The van der Waals surface area contributed by atoms with E-state index in [2.05, 4.69) is 4.74 Å². The van der Waals surface area contributed by atoms with Gasteiger partial charge in [0, 0.05) is 0 Å². The van der Waals surface area contributed by atoms with Crippen molar-refractivity contribution in [1.29, 1.82) is 0 Å². The van der Waals surface area contributed by atoms with Crippen LogP contribution in [0.15, 0.2) is 0 Å². The maximum absolute atomic E-state index is 12.6. The highest BCUT2D eigenvalue weighted by Gasteiger charge is 2.78. The van der Waals surface area contributed by atoms with E-state index in [0.717, 1.165) is 6.92 Å². The van der Waals surface area contributed by atoms with Crippen LogP contribution < -0.4 is 0 Å². The summed E-state index contributed by atoms with van der Waals surface area (Å²) >= 11 is 0. The van der Waals surface area contributed by atoms with E-state index >= 15 is 0 Å². The van der Waals surface area contributed by atoms with Gasteiger partial charge in [0.15, 0.2) is 0 Å². The molecule has 0 bridgehead atoms. The summed E-state index contributed by atoms with van der Waals surface area (Å²) in [6.45, 7) is 0.141. The molecule has 17 heavy (non-hydrogen) atoms. The van der Waals surface area contributed by atoms with Gasteiger partial charge in [-0.1, -0.05) is 0 Å². The summed E-state index contributed by atoms with van der Waals surface area (Å²) in [7, 11) is 0. The van der Waals surface area contributed by atoms with Crippen LogP contribution in [-0.2, 0) is 9.53 Å². The average Bonchev–Trinajstić information content (AvgIpc) is 2.17. The summed E-state index contributed by atoms with van der Waals surface area (Å²) in [5.41, 5.74) is 0. The zero-order valence-corrected chi connectivity index (χ0v) is 8.12. The molecule has 0 radical (unpaired) electrons. The number of alkyl halides is 8. The Hall–Kier alpha value is -1.09. The monoisotopic (exact) mass is 274 g/mol. The van der Waals surface area contributed by atoms with Crippen LogP contribution in [0.2, 0.25) is 0 Å². The summed E-state index contributed by atoms with van der Waals surface area (Å²) < 4.78 is 101. The molecule has 0 spiro atoms. The van der Waals surface area contributed by atoms with Crippen LogP contribution in [0.25, 0.3) is 0 Å². The van der Waals surface area contributed by atoms with E-state index in [1.165, 1.54) is 0 Å². The molecule has 0 saturated carbocycles. The van der Waals surface area contributed by atoms with Crippen molar-refractivity contribution in [3.8, 4) is 0 Å². The van der Waals surface area contributed by atoms with Crippen LogP contribution in [0.4, 0.5) is 35.1 Å². The molecule has 10 heteroatoms. The fourth-order valence-corrected chi connectivity index (χ4v) is 0.696. The molecule has 0 aliphatic carbocycles. The molecule has 0 aromatic rings. The molecule has 102 valence electrons. The second kappa shape index (κ2) is 4.65. The van der Waals surface area contributed by atoms with Crippen LogP contribution >= 0.6 is 0 Å². The van der Waals surface area contributed by atoms with E-state index in [-0.39, 0.29) is 0 Å². The fourth-order valence-electron chi connectivity index (χ4n) is 0.696. The van der Waals surface area contributed by atoms with E-state index in [4.69, 9.17) is 0 Å². The lowest BCUT2D eigenvalue weighted by Crippen LogP contribution is -2.61. The lowest BCUT2D eigenvalue weighted by molar-refractivity contribution is -0.332. The van der Waals surface area contributed by atoms with Gasteiger partial charge in [-0.05, 0) is 6.92 Å².